The van der Waals surface area contributed by atoms with E-state index in [2.05, 4.69) is 38.5 Å². The van der Waals surface area contributed by atoms with E-state index in [1.165, 1.54) is 11.3 Å². The highest BCUT2D eigenvalue weighted by molar-refractivity contribution is 14.1. The topological polar surface area (TPSA) is 83.0 Å². The number of ether oxygens (including phenoxy) is 2. The Morgan fingerprint density at radius 3 is 2.76 bits per heavy atom. The quantitative estimate of drug-likeness (QED) is 0.275. The highest BCUT2D eigenvalue weighted by Crippen LogP contribution is 2.36. The molecule has 4 rings (SSSR count). The van der Waals surface area contributed by atoms with Crippen molar-refractivity contribution in [2.45, 2.75) is 32.7 Å². The summed E-state index contributed by atoms with van der Waals surface area (Å²) in [6.45, 7) is 4.00. The molecule has 3 heterocycles. The Morgan fingerprint density at radius 1 is 1.35 bits per heavy atom. The van der Waals surface area contributed by atoms with E-state index in [0.29, 0.717) is 47.9 Å². The minimum atomic E-state index is -0.723. The molecule has 0 saturated carbocycles. The van der Waals surface area contributed by atoms with Crippen LogP contribution in [-0.4, -0.2) is 24.3 Å². The van der Waals surface area contributed by atoms with Gasteiger partial charge in [-0.05, 0) is 41.4 Å². The maximum atomic E-state index is 13.7. The SMILES string of the molecule is CCCC1=C(C(=O)OCC)[C@@H](c2ccccc2OC)n2c(s/c(=C/c3cc(Br)c(I)o3)c2=O)=N1. The molecule has 0 radical (unpaired) electrons. The number of rotatable bonds is 7. The van der Waals surface area contributed by atoms with Crippen molar-refractivity contribution in [2.75, 3.05) is 13.7 Å². The number of benzene rings is 1. The van der Waals surface area contributed by atoms with Gasteiger partial charge in [0, 0.05) is 34.2 Å². The molecule has 0 saturated heterocycles. The van der Waals surface area contributed by atoms with Crippen LogP contribution < -0.4 is 19.6 Å². The van der Waals surface area contributed by atoms with Gasteiger partial charge in [-0.3, -0.25) is 9.36 Å². The summed E-state index contributed by atoms with van der Waals surface area (Å²) in [6.07, 6.45) is 3.06. The molecule has 0 spiro atoms. The van der Waals surface area contributed by atoms with E-state index in [9.17, 15) is 9.59 Å². The first-order chi connectivity index (χ1) is 16.4. The van der Waals surface area contributed by atoms with Gasteiger partial charge in [0.05, 0.1) is 34.0 Å². The van der Waals surface area contributed by atoms with Crippen molar-refractivity contribution in [3.63, 3.8) is 0 Å². The van der Waals surface area contributed by atoms with E-state index in [-0.39, 0.29) is 12.2 Å². The van der Waals surface area contributed by atoms with Crippen molar-refractivity contribution in [2.24, 2.45) is 4.99 Å². The van der Waals surface area contributed by atoms with Crippen molar-refractivity contribution >= 4 is 61.9 Å². The molecular weight excluding hydrogens is 635 g/mol. The van der Waals surface area contributed by atoms with Crippen LogP contribution >= 0.6 is 49.9 Å². The third kappa shape index (κ3) is 4.67. The maximum Gasteiger partial charge on any atom is 0.338 e. The summed E-state index contributed by atoms with van der Waals surface area (Å²) in [5, 5.41) is 0. The fourth-order valence-electron chi connectivity index (χ4n) is 3.87. The largest absolute Gasteiger partial charge is 0.496 e. The van der Waals surface area contributed by atoms with Crippen LogP contribution in [0, 0.1) is 3.77 Å². The molecule has 0 amide bonds. The van der Waals surface area contributed by atoms with Crippen LogP contribution in [0.3, 0.4) is 0 Å². The number of hydrogen-bond donors (Lipinski definition) is 0. The van der Waals surface area contributed by atoms with Gasteiger partial charge in [0.2, 0.25) is 0 Å². The Morgan fingerprint density at radius 2 is 2.12 bits per heavy atom. The Kier molecular flexibility index (Phi) is 7.78. The van der Waals surface area contributed by atoms with E-state index in [1.54, 1.807) is 24.7 Å². The number of allylic oxidation sites excluding steroid dienone is 1. The second kappa shape index (κ2) is 10.6. The molecule has 0 N–H and O–H groups in total. The van der Waals surface area contributed by atoms with Gasteiger partial charge in [0.15, 0.2) is 8.57 Å². The first kappa shape index (κ1) is 24.9. The van der Waals surface area contributed by atoms with E-state index in [1.807, 2.05) is 37.3 Å². The number of thiazole rings is 1. The molecule has 0 fully saturated rings. The fourth-order valence-corrected chi connectivity index (χ4v) is 5.59. The third-order valence-corrected chi connectivity index (χ3v) is 8.38. The lowest BCUT2D eigenvalue weighted by atomic mass is 9.93. The zero-order valence-electron chi connectivity index (χ0n) is 18.8. The maximum absolute atomic E-state index is 13.7. The normalized spacial score (nSPS) is 15.8. The van der Waals surface area contributed by atoms with Crippen LogP contribution in [0.1, 0.15) is 44.1 Å². The van der Waals surface area contributed by atoms with Gasteiger partial charge in [-0.25, -0.2) is 9.79 Å². The molecule has 0 bridgehead atoms. The van der Waals surface area contributed by atoms with Crippen LogP contribution in [0.25, 0.3) is 6.08 Å². The number of nitrogens with zero attached hydrogens (tertiary/aromatic N) is 2. The van der Waals surface area contributed by atoms with Crippen LogP contribution in [0.15, 0.2) is 60.3 Å². The summed E-state index contributed by atoms with van der Waals surface area (Å²) >= 11 is 6.77. The monoisotopic (exact) mass is 656 g/mol. The average Bonchev–Trinajstić information content (AvgIpc) is 3.30. The molecule has 1 aliphatic rings. The molecule has 1 aliphatic heterocycles. The summed E-state index contributed by atoms with van der Waals surface area (Å²) in [5.74, 6) is 0.643. The van der Waals surface area contributed by atoms with Crippen molar-refractivity contribution < 1.29 is 18.7 Å². The van der Waals surface area contributed by atoms with Gasteiger partial charge in [-0.1, -0.05) is 42.9 Å². The summed E-state index contributed by atoms with van der Waals surface area (Å²) in [7, 11) is 1.57. The molecule has 34 heavy (non-hydrogen) atoms. The molecule has 7 nitrogen and oxygen atoms in total. The summed E-state index contributed by atoms with van der Waals surface area (Å²) in [4.78, 5) is 32.2. The Balaban J connectivity index is 2.03. The lowest BCUT2D eigenvalue weighted by Gasteiger charge is -2.26. The van der Waals surface area contributed by atoms with Crippen molar-refractivity contribution in [1.29, 1.82) is 0 Å². The fraction of sp³-hybridized carbons (Fsp3) is 0.292. The lowest BCUT2D eigenvalue weighted by molar-refractivity contribution is -0.139. The predicted octanol–water partition coefficient (Wildman–Crippen LogP) is 4.55. The number of aromatic nitrogens is 1. The number of carbonyl (C=O) groups is 1. The smallest absolute Gasteiger partial charge is 0.338 e. The number of hydrogen-bond acceptors (Lipinski definition) is 7. The van der Waals surface area contributed by atoms with E-state index in [0.717, 1.165) is 10.9 Å². The summed E-state index contributed by atoms with van der Waals surface area (Å²) in [5.41, 5.74) is 1.42. The molecule has 10 heteroatoms. The first-order valence-electron chi connectivity index (χ1n) is 10.7. The zero-order chi connectivity index (χ0) is 24.4. The van der Waals surface area contributed by atoms with Gasteiger partial charge in [-0.15, -0.1) is 0 Å². The molecule has 2 aromatic heterocycles. The van der Waals surface area contributed by atoms with E-state index < -0.39 is 12.0 Å². The van der Waals surface area contributed by atoms with Crippen LogP contribution in [0.5, 0.6) is 5.75 Å². The minimum Gasteiger partial charge on any atom is -0.496 e. The Hall–Kier alpha value is -2.18. The number of methoxy groups -OCH3 is 1. The van der Waals surface area contributed by atoms with Crippen LogP contribution in [0.4, 0.5) is 0 Å². The first-order valence-corrected chi connectivity index (χ1v) is 13.4. The molecule has 0 unspecified atom stereocenters. The summed E-state index contributed by atoms with van der Waals surface area (Å²) in [6, 6.07) is 8.47. The molecular formula is C24H22BrIN2O5S. The molecule has 1 aromatic carbocycles. The highest BCUT2D eigenvalue weighted by atomic mass is 127. The number of halogens is 2. The minimum absolute atomic E-state index is 0.219. The van der Waals surface area contributed by atoms with Crippen LogP contribution in [-0.2, 0) is 9.53 Å². The predicted molar refractivity (Wildman–Crippen MR) is 142 cm³/mol. The van der Waals surface area contributed by atoms with Gasteiger partial charge in [0.25, 0.3) is 5.56 Å². The lowest BCUT2D eigenvalue weighted by Crippen LogP contribution is -2.40. The van der Waals surface area contributed by atoms with Gasteiger partial charge in [0.1, 0.15) is 17.6 Å². The second-order valence-corrected chi connectivity index (χ2v) is 10.3. The Bertz CT molecular complexity index is 1430. The van der Waals surface area contributed by atoms with Gasteiger partial charge < -0.3 is 13.9 Å². The standard InChI is InChI=1S/C24H22BrIN2O5S/c1-4-8-16-19(23(30)32-5-2)20(14-9-6-7-10-17(14)31-3)28-22(29)18(34-24(28)27-16)12-13-11-15(25)21(26)33-13/h6-7,9-12,20H,4-5,8H2,1-3H3/b18-12+/t20-/m1/s1. The van der Waals surface area contributed by atoms with Crippen molar-refractivity contribution in [1.82, 2.24) is 4.57 Å². The number of esters is 1. The van der Waals surface area contributed by atoms with Gasteiger partial charge in [-0.2, -0.15) is 0 Å². The number of carbonyl (C=O) groups excluding carboxylic acids is 1. The summed E-state index contributed by atoms with van der Waals surface area (Å²) < 4.78 is 20.3. The van der Waals surface area contributed by atoms with Crippen molar-refractivity contribution in [3.05, 3.63) is 80.9 Å². The number of furan rings is 1. The third-order valence-electron chi connectivity index (χ3n) is 5.26. The molecule has 0 aliphatic carbocycles. The van der Waals surface area contributed by atoms with E-state index >= 15 is 0 Å². The molecule has 178 valence electrons. The highest BCUT2D eigenvalue weighted by Gasteiger charge is 2.35. The molecule has 3 aromatic rings. The zero-order valence-corrected chi connectivity index (χ0v) is 23.3. The molecule has 1 atom stereocenters. The Labute approximate surface area is 222 Å². The number of fused-ring (bicyclic) bond motifs is 1. The van der Waals surface area contributed by atoms with Crippen molar-refractivity contribution in [3.8, 4) is 5.75 Å². The second-order valence-electron chi connectivity index (χ2n) is 7.43. The van der Waals surface area contributed by atoms with Crippen LogP contribution in [0.2, 0.25) is 0 Å². The number of para-hydroxylation sites is 1. The average molecular weight is 657 g/mol. The van der Waals surface area contributed by atoms with Gasteiger partial charge >= 0.3 is 5.97 Å². The van der Waals surface area contributed by atoms with E-state index in [4.69, 9.17) is 18.9 Å².